The average molecular weight is 333 g/mol. The molecule has 0 saturated heterocycles. The van der Waals surface area contributed by atoms with E-state index in [0.29, 0.717) is 18.1 Å². The van der Waals surface area contributed by atoms with Crippen molar-refractivity contribution in [2.45, 2.75) is 6.92 Å². The van der Waals surface area contributed by atoms with Gasteiger partial charge in [0.1, 0.15) is 0 Å². The number of nitrogens with one attached hydrogen (secondary N) is 1. The van der Waals surface area contributed by atoms with Crippen LogP contribution in [0.2, 0.25) is 0 Å². The highest BCUT2D eigenvalue weighted by Crippen LogP contribution is 2.28. The van der Waals surface area contributed by atoms with Crippen LogP contribution in [0.4, 0.5) is 14.5 Å². The standard InChI is InChI=1S/C18H17F2NO3/c1-3-24-16-8-4-12(10-17(16)23-2)5-9-18(22)21-13-6-7-14(19)15(20)11-13/h4-11H,3H2,1-2H3,(H,21,22). The highest BCUT2D eigenvalue weighted by Gasteiger charge is 2.06. The van der Waals surface area contributed by atoms with Crippen LogP contribution in [-0.2, 0) is 4.79 Å². The van der Waals surface area contributed by atoms with Crippen molar-refractivity contribution < 1.29 is 23.0 Å². The second-order valence-electron chi connectivity index (χ2n) is 4.79. The number of hydrogen-bond acceptors (Lipinski definition) is 3. The van der Waals surface area contributed by atoms with Gasteiger partial charge in [-0.05, 0) is 42.8 Å². The minimum atomic E-state index is -1.02. The Morgan fingerprint density at radius 1 is 1.12 bits per heavy atom. The summed E-state index contributed by atoms with van der Waals surface area (Å²) in [4.78, 5) is 11.8. The summed E-state index contributed by atoms with van der Waals surface area (Å²) in [6.07, 6.45) is 2.86. The van der Waals surface area contributed by atoms with Crippen molar-refractivity contribution >= 4 is 17.7 Å². The first-order valence-electron chi connectivity index (χ1n) is 7.28. The Hall–Kier alpha value is -2.89. The molecule has 0 heterocycles. The summed E-state index contributed by atoms with van der Waals surface area (Å²) in [5.74, 6) is -1.28. The summed E-state index contributed by atoms with van der Waals surface area (Å²) < 4.78 is 36.6. The molecule has 2 rings (SSSR count). The van der Waals surface area contributed by atoms with Crippen molar-refractivity contribution in [3.63, 3.8) is 0 Å². The van der Waals surface area contributed by atoms with Gasteiger partial charge in [-0.15, -0.1) is 0 Å². The van der Waals surface area contributed by atoms with Gasteiger partial charge in [-0.3, -0.25) is 4.79 Å². The predicted molar refractivity (Wildman–Crippen MR) is 88.2 cm³/mol. The Labute approximate surface area is 138 Å². The number of benzene rings is 2. The zero-order chi connectivity index (χ0) is 17.5. The monoisotopic (exact) mass is 333 g/mol. The molecule has 0 spiro atoms. The number of methoxy groups -OCH3 is 1. The summed E-state index contributed by atoms with van der Waals surface area (Å²) in [7, 11) is 1.53. The number of rotatable bonds is 6. The van der Waals surface area contributed by atoms with Crippen LogP contribution in [0.5, 0.6) is 11.5 Å². The zero-order valence-corrected chi connectivity index (χ0v) is 13.3. The molecule has 2 aromatic rings. The van der Waals surface area contributed by atoms with Gasteiger partial charge in [-0.1, -0.05) is 6.07 Å². The highest BCUT2D eigenvalue weighted by molar-refractivity contribution is 6.01. The molecule has 0 fully saturated rings. The fourth-order valence-corrected chi connectivity index (χ4v) is 1.99. The van der Waals surface area contributed by atoms with Gasteiger partial charge < -0.3 is 14.8 Å². The normalized spacial score (nSPS) is 10.7. The van der Waals surface area contributed by atoms with E-state index in [1.165, 1.54) is 19.3 Å². The molecule has 6 heteroatoms. The van der Waals surface area contributed by atoms with E-state index in [9.17, 15) is 13.6 Å². The summed E-state index contributed by atoms with van der Waals surface area (Å²) in [5, 5.41) is 2.45. The molecule has 0 aliphatic heterocycles. The molecule has 0 bridgehead atoms. The van der Waals surface area contributed by atoms with Crippen LogP contribution >= 0.6 is 0 Å². The molecule has 126 valence electrons. The van der Waals surface area contributed by atoms with E-state index in [0.717, 1.165) is 17.7 Å². The van der Waals surface area contributed by atoms with Crippen LogP contribution in [0.25, 0.3) is 6.08 Å². The average Bonchev–Trinajstić information content (AvgIpc) is 2.57. The Morgan fingerprint density at radius 3 is 2.58 bits per heavy atom. The molecule has 1 amide bonds. The van der Waals surface area contributed by atoms with Crippen molar-refractivity contribution in [2.75, 3.05) is 19.0 Å². The number of carbonyl (C=O) groups excluding carboxylic acids is 1. The van der Waals surface area contributed by atoms with Crippen LogP contribution in [0, 0.1) is 11.6 Å². The molecule has 24 heavy (non-hydrogen) atoms. The Balaban J connectivity index is 2.06. The third-order valence-electron chi connectivity index (χ3n) is 3.10. The molecular formula is C18H17F2NO3. The molecule has 0 aliphatic carbocycles. The van der Waals surface area contributed by atoms with Crippen LogP contribution in [0.15, 0.2) is 42.5 Å². The van der Waals surface area contributed by atoms with Crippen LogP contribution in [-0.4, -0.2) is 19.6 Å². The molecule has 1 N–H and O–H groups in total. The van der Waals surface area contributed by atoms with Crippen molar-refractivity contribution in [2.24, 2.45) is 0 Å². The van der Waals surface area contributed by atoms with E-state index in [1.807, 2.05) is 6.92 Å². The summed E-state index contributed by atoms with van der Waals surface area (Å²) in [5.41, 5.74) is 0.906. The number of hydrogen-bond donors (Lipinski definition) is 1. The number of carbonyl (C=O) groups is 1. The number of amides is 1. The maximum Gasteiger partial charge on any atom is 0.248 e. The highest BCUT2D eigenvalue weighted by atomic mass is 19.2. The molecule has 0 aliphatic rings. The maximum absolute atomic E-state index is 13.1. The molecular weight excluding hydrogens is 316 g/mol. The van der Waals surface area contributed by atoms with Gasteiger partial charge in [-0.2, -0.15) is 0 Å². The summed E-state index contributed by atoms with van der Waals surface area (Å²) in [6.45, 7) is 2.39. The zero-order valence-electron chi connectivity index (χ0n) is 13.3. The number of anilines is 1. The van der Waals surface area contributed by atoms with Gasteiger partial charge >= 0.3 is 0 Å². The van der Waals surface area contributed by atoms with Gasteiger partial charge in [0.05, 0.1) is 13.7 Å². The van der Waals surface area contributed by atoms with E-state index >= 15 is 0 Å². The lowest BCUT2D eigenvalue weighted by Crippen LogP contribution is -2.08. The van der Waals surface area contributed by atoms with Crippen molar-refractivity contribution in [1.29, 1.82) is 0 Å². The predicted octanol–water partition coefficient (Wildman–Crippen LogP) is 4.02. The van der Waals surface area contributed by atoms with Crippen molar-refractivity contribution in [3.05, 3.63) is 59.7 Å². The first kappa shape index (κ1) is 17.5. The Morgan fingerprint density at radius 2 is 1.92 bits per heavy atom. The fourth-order valence-electron chi connectivity index (χ4n) is 1.99. The third kappa shape index (κ3) is 4.55. The van der Waals surface area contributed by atoms with Crippen molar-refractivity contribution in [1.82, 2.24) is 0 Å². The molecule has 0 unspecified atom stereocenters. The minimum absolute atomic E-state index is 0.174. The topological polar surface area (TPSA) is 47.6 Å². The van der Waals surface area contributed by atoms with E-state index in [2.05, 4.69) is 5.32 Å². The van der Waals surface area contributed by atoms with Gasteiger partial charge in [0.2, 0.25) is 5.91 Å². The Kier molecular flexibility index (Phi) is 5.89. The molecule has 0 aromatic heterocycles. The second kappa shape index (κ2) is 8.10. The van der Waals surface area contributed by atoms with Crippen LogP contribution in [0.1, 0.15) is 12.5 Å². The summed E-state index contributed by atoms with van der Waals surface area (Å²) in [6, 6.07) is 8.40. The maximum atomic E-state index is 13.1. The van der Waals surface area contributed by atoms with Crippen LogP contribution < -0.4 is 14.8 Å². The van der Waals surface area contributed by atoms with Crippen molar-refractivity contribution in [3.8, 4) is 11.5 Å². The lowest BCUT2D eigenvalue weighted by Gasteiger charge is -2.09. The fraction of sp³-hybridized carbons (Fsp3) is 0.167. The van der Waals surface area contributed by atoms with E-state index in [4.69, 9.17) is 9.47 Å². The molecule has 2 aromatic carbocycles. The van der Waals surface area contributed by atoms with E-state index < -0.39 is 17.5 Å². The van der Waals surface area contributed by atoms with E-state index in [1.54, 1.807) is 24.3 Å². The smallest absolute Gasteiger partial charge is 0.248 e. The second-order valence-corrected chi connectivity index (χ2v) is 4.79. The van der Waals surface area contributed by atoms with Gasteiger partial charge in [-0.25, -0.2) is 8.78 Å². The quantitative estimate of drug-likeness (QED) is 0.812. The van der Waals surface area contributed by atoms with E-state index in [-0.39, 0.29) is 5.69 Å². The SMILES string of the molecule is CCOc1ccc(C=CC(=O)Nc2ccc(F)c(F)c2)cc1OC. The first-order valence-corrected chi connectivity index (χ1v) is 7.28. The first-order chi connectivity index (χ1) is 11.5. The number of halogens is 2. The lowest BCUT2D eigenvalue weighted by atomic mass is 10.2. The van der Waals surface area contributed by atoms with Crippen LogP contribution in [0.3, 0.4) is 0 Å². The third-order valence-corrected chi connectivity index (χ3v) is 3.10. The minimum Gasteiger partial charge on any atom is -0.493 e. The molecule has 0 radical (unpaired) electrons. The number of ether oxygens (including phenoxy) is 2. The van der Waals surface area contributed by atoms with Gasteiger partial charge in [0.25, 0.3) is 0 Å². The largest absolute Gasteiger partial charge is 0.493 e. The molecule has 0 atom stereocenters. The lowest BCUT2D eigenvalue weighted by molar-refractivity contribution is -0.111. The summed E-state index contributed by atoms with van der Waals surface area (Å²) >= 11 is 0. The molecule has 4 nitrogen and oxygen atoms in total. The Bertz CT molecular complexity index is 760. The van der Waals surface area contributed by atoms with Gasteiger partial charge in [0.15, 0.2) is 23.1 Å². The van der Waals surface area contributed by atoms with Gasteiger partial charge in [0, 0.05) is 17.8 Å². The molecule has 0 saturated carbocycles.